The van der Waals surface area contributed by atoms with E-state index < -0.39 is 21.9 Å². The first-order valence-corrected chi connectivity index (χ1v) is 10.8. The van der Waals surface area contributed by atoms with Crippen LogP contribution in [0.15, 0.2) is 41.3 Å². The van der Waals surface area contributed by atoms with Crippen LogP contribution in [-0.2, 0) is 16.1 Å². The zero-order valence-electron chi connectivity index (χ0n) is 16.6. The number of benzene rings is 2. The highest BCUT2D eigenvalue weighted by molar-refractivity contribution is 8.18. The Morgan fingerprint density at radius 1 is 1.22 bits per heavy atom. The predicted octanol–water partition coefficient (Wildman–Crippen LogP) is 4.46. The van der Waals surface area contributed by atoms with Crippen molar-refractivity contribution in [3.05, 3.63) is 73.4 Å². The Kier molecular flexibility index (Phi) is 6.45. The molecule has 0 bridgehead atoms. The van der Waals surface area contributed by atoms with E-state index in [2.05, 4.69) is 0 Å². The number of thioether (sulfide) groups is 1. The second-order valence-electron chi connectivity index (χ2n) is 7.07. The molecule has 32 heavy (non-hydrogen) atoms. The molecule has 2 fully saturated rings. The summed E-state index contributed by atoms with van der Waals surface area (Å²) in [5.74, 6) is -1.23. The van der Waals surface area contributed by atoms with Crippen molar-refractivity contribution in [2.75, 3.05) is 31.2 Å². The number of ether oxygens (including phenoxy) is 1. The summed E-state index contributed by atoms with van der Waals surface area (Å²) in [6.45, 7) is 1.75. The molecule has 0 atom stereocenters. The predicted molar refractivity (Wildman–Crippen MR) is 119 cm³/mol. The molecular formula is C21H17ClFN3O5S. The lowest BCUT2D eigenvalue weighted by atomic mass is 10.1. The van der Waals surface area contributed by atoms with Crippen molar-refractivity contribution in [2.45, 2.75) is 6.54 Å². The van der Waals surface area contributed by atoms with Crippen molar-refractivity contribution in [3.8, 4) is 0 Å². The molecule has 0 aliphatic carbocycles. The molecule has 2 aliphatic heterocycles. The zero-order chi connectivity index (χ0) is 22.8. The van der Waals surface area contributed by atoms with E-state index >= 15 is 0 Å². The van der Waals surface area contributed by atoms with Crippen molar-refractivity contribution < 1.29 is 23.6 Å². The molecule has 2 saturated heterocycles. The van der Waals surface area contributed by atoms with Gasteiger partial charge >= 0.3 is 0 Å². The number of morpholine rings is 1. The number of imide groups is 1. The lowest BCUT2D eigenvalue weighted by Gasteiger charge is -2.28. The van der Waals surface area contributed by atoms with E-state index in [1.165, 1.54) is 30.3 Å². The van der Waals surface area contributed by atoms with E-state index in [0.29, 0.717) is 49.3 Å². The van der Waals surface area contributed by atoms with Crippen molar-refractivity contribution in [1.82, 2.24) is 4.90 Å². The number of hydrogen-bond acceptors (Lipinski definition) is 7. The van der Waals surface area contributed by atoms with Gasteiger partial charge in [-0.1, -0.05) is 23.7 Å². The Morgan fingerprint density at radius 2 is 1.97 bits per heavy atom. The van der Waals surface area contributed by atoms with Gasteiger partial charge in [-0.3, -0.25) is 24.6 Å². The molecule has 0 spiro atoms. The molecular weight excluding hydrogens is 461 g/mol. The number of halogens is 2. The quantitative estimate of drug-likeness (QED) is 0.356. The third-order valence-corrected chi connectivity index (χ3v) is 6.36. The third kappa shape index (κ3) is 4.47. The topological polar surface area (TPSA) is 93.0 Å². The first kappa shape index (κ1) is 22.3. The number of hydrogen-bond donors (Lipinski definition) is 0. The van der Waals surface area contributed by atoms with Gasteiger partial charge in [-0.25, -0.2) is 4.39 Å². The maximum Gasteiger partial charge on any atom is 0.293 e. The lowest BCUT2D eigenvalue weighted by molar-refractivity contribution is -0.384. The number of anilines is 1. The number of rotatable bonds is 5. The molecule has 11 heteroatoms. The summed E-state index contributed by atoms with van der Waals surface area (Å²) in [4.78, 5) is 39.2. The van der Waals surface area contributed by atoms with Gasteiger partial charge in [-0.2, -0.15) is 0 Å². The monoisotopic (exact) mass is 477 g/mol. The minimum atomic E-state index is -0.616. The van der Waals surface area contributed by atoms with Crippen LogP contribution < -0.4 is 4.90 Å². The number of nitrogens with zero attached hydrogens (tertiary/aromatic N) is 3. The van der Waals surface area contributed by atoms with Gasteiger partial charge in [0, 0.05) is 29.7 Å². The number of carbonyl (C=O) groups is 2. The van der Waals surface area contributed by atoms with Crippen molar-refractivity contribution >= 4 is 52.0 Å². The minimum Gasteiger partial charge on any atom is -0.378 e. The molecule has 4 rings (SSSR count). The van der Waals surface area contributed by atoms with Crippen LogP contribution in [0.25, 0.3) is 6.08 Å². The van der Waals surface area contributed by atoms with Crippen LogP contribution in [0.1, 0.15) is 11.1 Å². The van der Waals surface area contributed by atoms with E-state index in [9.17, 15) is 24.1 Å². The molecule has 0 N–H and O–H groups in total. The number of amides is 2. The molecule has 2 aliphatic rings. The summed E-state index contributed by atoms with van der Waals surface area (Å²) >= 11 is 6.70. The maximum atomic E-state index is 14.1. The van der Waals surface area contributed by atoms with Crippen LogP contribution in [0.3, 0.4) is 0 Å². The molecule has 166 valence electrons. The van der Waals surface area contributed by atoms with Gasteiger partial charge in [0.25, 0.3) is 16.8 Å². The molecule has 2 heterocycles. The molecule has 0 saturated carbocycles. The Bertz CT molecular complexity index is 1120. The largest absolute Gasteiger partial charge is 0.378 e. The fraction of sp³-hybridized carbons (Fsp3) is 0.238. The molecule has 2 aromatic rings. The van der Waals surface area contributed by atoms with Gasteiger partial charge < -0.3 is 9.64 Å². The first-order chi connectivity index (χ1) is 15.3. The van der Waals surface area contributed by atoms with E-state index in [-0.39, 0.29) is 27.7 Å². The summed E-state index contributed by atoms with van der Waals surface area (Å²) in [5, 5.41) is 11.2. The average molecular weight is 478 g/mol. The van der Waals surface area contributed by atoms with Crippen LogP contribution in [-0.4, -0.2) is 47.3 Å². The Balaban J connectivity index is 1.60. The number of carbonyl (C=O) groups excluding carboxylic acids is 2. The summed E-state index contributed by atoms with van der Waals surface area (Å²) in [7, 11) is 0. The Morgan fingerprint density at radius 3 is 2.66 bits per heavy atom. The average Bonchev–Trinajstić information content (AvgIpc) is 3.04. The lowest BCUT2D eigenvalue weighted by Crippen LogP contribution is -2.36. The highest BCUT2D eigenvalue weighted by Gasteiger charge is 2.36. The molecule has 0 radical (unpaired) electrons. The van der Waals surface area contributed by atoms with Gasteiger partial charge in [0.2, 0.25) is 0 Å². The van der Waals surface area contributed by atoms with Crippen LogP contribution in [0.4, 0.5) is 20.6 Å². The first-order valence-electron chi connectivity index (χ1n) is 9.64. The van der Waals surface area contributed by atoms with Gasteiger partial charge in [-0.05, 0) is 41.6 Å². The van der Waals surface area contributed by atoms with E-state index in [4.69, 9.17) is 16.3 Å². The van der Waals surface area contributed by atoms with Crippen LogP contribution >= 0.6 is 23.4 Å². The number of nitro benzene ring substituents is 1. The standard InChI is InChI=1S/C21H17ClFN3O5S/c22-15-2-1-3-16(23)14(15)12-25-20(27)19(32-21(25)28)11-13-4-5-17(18(10-13)26(29)30)24-6-8-31-9-7-24/h1-5,10-11H,6-9,12H2/b19-11-. The summed E-state index contributed by atoms with van der Waals surface area (Å²) in [5.41, 5.74) is 0.821. The van der Waals surface area contributed by atoms with Gasteiger partial charge in [0.1, 0.15) is 11.5 Å². The van der Waals surface area contributed by atoms with Gasteiger partial charge in [0.05, 0.1) is 29.6 Å². The minimum absolute atomic E-state index is 0.0446. The van der Waals surface area contributed by atoms with Gasteiger partial charge in [-0.15, -0.1) is 0 Å². The molecule has 2 amide bonds. The van der Waals surface area contributed by atoms with E-state index in [1.807, 2.05) is 4.90 Å². The third-order valence-electron chi connectivity index (χ3n) is 5.10. The fourth-order valence-electron chi connectivity index (χ4n) is 3.48. The van der Waals surface area contributed by atoms with Crippen molar-refractivity contribution in [3.63, 3.8) is 0 Å². The number of nitro groups is 1. The van der Waals surface area contributed by atoms with Gasteiger partial charge in [0.15, 0.2) is 0 Å². The normalized spacial score (nSPS) is 18.0. The Hall–Kier alpha value is -2.95. The van der Waals surface area contributed by atoms with Crippen LogP contribution in [0, 0.1) is 15.9 Å². The molecule has 8 nitrogen and oxygen atoms in total. The molecule has 0 aromatic heterocycles. The fourth-order valence-corrected chi connectivity index (χ4v) is 4.54. The molecule has 0 unspecified atom stereocenters. The summed E-state index contributed by atoms with van der Waals surface area (Å²) < 4.78 is 19.4. The van der Waals surface area contributed by atoms with Crippen LogP contribution in [0.5, 0.6) is 0 Å². The van der Waals surface area contributed by atoms with Crippen molar-refractivity contribution in [1.29, 1.82) is 0 Å². The summed E-state index contributed by atoms with van der Waals surface area (Å²) in [6, 6.07) is 8.75. The smallest absolute Gasteiger partial charge is 0.293 e. The SMILES string of the molecule is O=C1S/C(=C\c2ccc(N3CCOCC3)c([N+](=O)[O-])c2)C(=O)N1Cc1c(F)cccc1Cl. The maximum absolute atomic E-state index is 14.1. The molecule has 2 aromatic carbocycles. The van der Waals surface area contributed by atoms with E-state index in [0.717, 1.165) is 4.90 Å². The van der Waals surface area contributed by atoms with Crippen LogP contribution in [0.2, 0.25) is 5.02 Å². The van der Waals surface area contributed by atoms with E-state index in [1.54, 1.807) is 12.1 Å². The highest BCUT2D eigenvalue weighted by Crippen LogP contribution is 2.36. The highest BCUT2D eigenvalue weighted by atomic mass is 35.5. The Labute approximate surface area is 191 Å². The summed E-state index contributed by atoms with van der Waals surface area (Å²) in [6.07, 6.45) is 1.42. The van der Waals surface area contributed by atoms with Crippen molar-refractivity contribution in [2.24, 2.45) is 0 Å². The zero-order valence-corrected chi connectivity index (χ0v) is 18.2. The second kappa shape index (κ2) is 9.27. The second-order valence-corrected chi connectivity index (χ2v) is 8.47.